The van der Waals surface area contributed by atoms with E-state index in [9.17, 15) is 9.59 Å². The van der Waals surface area contributed by atoms with Gasteiger partial charge in [0, 0.05) is 0 Å². The molecule has 0 aliphatic heterocycles. The normalized spacial score (nSPS) is 16.0. The van der Waals surface area contributed by atoms with Crippen molar-refractivity contribution in [3.63, 3.8) is 0 Å². The number of ketones is 1. The van der Waals surface area contributed by atoms with E-state index in [-0.39, 0.29) is 5.78 Å². The largest absolute Gasteiger partial charge is 0.497 e. The number of rotatable bonds is 3. The van der Waals surface area contributed by atoms with Crippen molar-refractivity contribution in [3.05, 3.63) is 53.6 Å². The standard InChI is InChI=1S/C15H13NO4/c1-10-9-12(17)5-8-14(10)16-20-15(18)11-3-6-13(19-2)7-4-11/h3-9H,1-2H3. The molecule has 0 saturated carbocycles. The Balaban J connectivity index is 2.06. The molecule has 1 aliphatic rings. The molecule has 5 heteroatoms. The molecule has 20 heavy (non-hydrogen) atoms. The molecule has 2 rings (SSSR count). The predicted molar refractivity (Wildman–Crippen MR) is 73.7 cm³/mol. The first-order chi connectivity index (χ1) is 9.60. The van der Waals surface area contributed by atoms with Gasteiger partial charge in [0.15, 0.2) is 5.78 Å². The van der Waals surface area contributed by atoms with Crippen LogP contribution in [0.15, 0.2) is 53.2 Å². The van der Waals surface area contributed by atoms with Gasteiger partial charge in [-0.15, -0.1) is 0 Å². The lowest BCUT2D eigenvalue weighted by molar-refractivity contribution is -0.110. The van der Waals surface area contributed by atoms with E-state index in [0.717, 1.165) is 0 Å². The Hall–Kier alpha value is -2.69. The third-order valence-corrected chi connectivity index (χ3v) is 2.72. The van der Waals surface area contributed by atoms with Crippen LogP contribution in [-0.2, 0) is 9.63 Å². The first-order valence-corrected chi connectivity index (χ1v) is 5.94. The summed E-state index contributed by atoms with van der Waals surface area (Å²) in [5.74, 6) is -0.0263. The number of nitrogens with zero attached hydrogens (tertiary/aromatic N) is 1. The minimum atomic E-state index is -0.571. The monoisotopic (exact) mass is 271 g/mol. The van der Waals surface area contributed by atoms with Crippen LogP contribution in [0.25, 0.3) is 0 Å². The molecule has 0 atom stereocenters. The summed E-state index contributed by atoms with van der Waals surface area (Å²) in [6.45, 7) is 1.72. The summed E-state index contributed by atoms with van der Waals surface area (Å²) in [5.41, 5.74) is 1.47. The fourth-order valence-electron chi connectivity index (χ4n) is 1.60. The van der Waals surface area contributed by atoms with Gasteiger partial charge in [-0.05, 0) is 55.0 Å². The highest BCUT2D eigenvalue weighted by molar-refractivity contribution is 6.19. The van der Waals surface area contributed by atoms with Crippen LogP contribution in [0.5, 0.6) is 5.75 Å². The number of carbonyl (C=O) groups is 2. The molecule has 1 aromatic carbocycles. The van der Waals surface area contributed by atoms with Crippen LogP contribution in [0.2, 0.25) is 0 Å². The average molecular weight is 271 g/mol. The second kappa shape index (κ2) is 5.97. The van der Waals surface area contributed by atoms with Gasteiger partial charge in [0.1, 0.15) is 11.5 Å². The molecule has 0 spiro atoms. The highest BCUT2D eigenvalue weighted by Gasteiger charge is 2.11. The van der Waals surface area contributed by atoms with Gasteiger partial charge in [-0.2, -0.15) is 0 Å². The smallest absolute Gasteiger partial charge is 0.365 e. The maximum atomic E-state index is 11.8. The zero-order valence-corrected chi connectivity index (χ0v) is 11.1. The first-order valence-electron chi connectivity index (χ1n) is 5.94. The van der Waals surface area contributed by atoms with Crippen LogP contribution in [0.3, 0.4) is 0 Å². The summed E-state index contributed by atoms with van der Waals surface area (Å²) < 4.78 is 5.00. The van der Waals surface area contributed by atoms with Crippen LogP contribution < -0.4 is 4.74 Å². The summed E-state index contributed by atoms with van der Waals surface area (Å²) in [7, 11) is 1.55. The van der Waals surface area contributed by atoms with Crippen LogP contribution in [-0.4, -0.2) is 24.6 Å². The molecule has 102 valence electrons. The summed E-state index contributed by atoms with van der Waals surface area (Å²) in [6, 6.07) is 6.50. The average Bonchev–Trinajstić information content (AvgIpc) is 2.46. The number of carbonyl (C=O) groups excluding carboxylic acids is 2. The highest BCUT2D eigenvalue weighted by Crippen LogP contribution is 2.13. The number of hydrogen-bond acceptors (Lipinski definition) is 5. The minimum Gasteiger partial charge on any atom is -0.497 e. The van der Waals surface area contributed by atoms with Gasteiger partial charge < -0.3 is 9.57 Å². The number of oxime groups is 1. The van der Waals surface area contributed by atoms with E-state index < -0.39 is 5.97 Å². The van der Waals surface area contributed by atoms with Crippen LogP contribution in [0, 0.1) is 0 Å². The minimum absolute atomic E-state index is 0.108. The Morgan fingerprint density at radius 3 is 2.45 bits per heavy atom. The van der Waals surface area contributed by atoms with Crippen LogP contribution in [0.1, 0.15) is 17.3 Å². The van der Waals surface area contributed by atoms with Gasteiger partial charge in [-0.25, -0.2) is 4.79 Å². The van der Waals surface area contributed by atoms with Crippen molar-refractivity contribution in [1.82, 2.24) is 0 Å². The first kappa shape index (κ1) is 13.7. The summed E-state index contributed by atoms with van der Waals surface area (Å²) >= 11 is 0. The Morgan fingerprint density at radius 1 is 1.15 bits per heavy atom. The van der Waals surface area contributed by atoms with Crippen molar-refractivity contribution in [2.45, 2.75) is 6.92 Å². The van der Waals surface area contributed by atoms with Gasteiger partial charge in [0.25, 0.3) is 0 Å². The van der Waals surface area contributed by atoms with E-state index >= 15 is 0 Å². The van der Waals surface area contributed by atoms with E-state index in [1.165, 1.54) is 18.2 Å². The van der Waals surface area contributed by atoms with Crippen molar-refractivity contribution in [3.8, 4) is 5.75 Å². The lowest BCUT2D eigenvalue weighted by atomic mass is 10.1. The molecule has 0 unspecified atom stereocenters. The predicted octanol–water partition coefficient (Wildman–Crippen LogP) is 2.29. The maximum absolute atomic E-state index is 11.8. The van der Waals surface area contributed by atoms with Crippen molar-refractivity contribution in [2.75, 3.05) is 7.11 Å². The molecule has 1 aliphatic carbocycles. The topological polar surface area (TPSA) is 65.0 Å². The fourth-order valence-corrected chi connectivity index (χ4v) is 1.60. The van der Waals surface area contributed by atoms with Gasteiger partial charge in [-0.3, -0.25) is 4.79 Å². The van der Waals surface area contributed by atoms with Crippen molar-refractivity contribution in [1.29, 1.82) is 0 Å². The molecule has 0 saturated heterocycles. The van der Waals surface area contributed by atoms with Gasteiger partial charge in [0.05, 0.1) is 12.7 Å². The van der Waals surface area contributed by atoms with Crippen molar-refractivity contribution >= 4 is 17.5 Å². The van der Waals surface area contributed by atoms with Crippen molar-refractivity contribution < 1.29 is 19.2 Å². The maximum Gasteiger partial charge on any atom is 0.365 e. The molecule has 0 N–H and O–H groups in total. The zero-order chi connectivity index (χ0) is 14.5. The summed E-state index contributed by atoms with van der Waals surface area (Å²) in [4.78, 5) is 27.7. The summed E-state index contributed by atoms with van der Waals surface area (Å²) in [5, 5.41) is 3.75. The number of benzene rings is 1. The molecule has 1 aromatic rings. The molecule has 0 aromatic heterocycles. The second-order valence-electron chi connectivity index (χ2n) is 4.15. The van der Waals surface area contributed by atoms with Gasteiger partial charge in [0.2, 0.25) is 0 Å². The lowest BCUT2D eigenvalue weighted by Crippen LogP contribution is -2.08. The molecule has 0 amide bonds. The number of allylic oxidation sites excluding steroid dienone is 4. The fraction of sp³-hybridized carbons (Fsp3) is 0.133. The number of ether oxygens (including phenoxy) is 1. The Bertz CT molecular complexity index is 624. The third-order valence-electron chi connectivity index (χ3n) is 2.72. The molecule has 5 nitrogen and oxygen atoms in total. The molecule has 0 heterocycles. The second-order valence-corrected chi connectivity index (χ2v) is 4.15. The third kappa shape index (κ3) is 3.20. The van der Waals surface area contributed by atoms with E-state index in [1.807, 2.05) is 0 Å². The lowest BCUT2D eigenvalue weighted by Gasteiger charge is -2.05. The Morgan fingerprint density at radius 2 is 1.85 bits per heavy atom. The molecule has 0 bridgehead atoms. The number of hydrogen-bond donors (Lipinski definition) is 0. The zero-order valence-electron chi connectivity index (χ0n) is 11.1. The van der Waals surface area contributed by atoms with Gasteiger partial charge >= 0.3 is 5.97 Å². The molecular formula is C15H13NO4. The molecular weight excluding hydrogens is 258 g/mol. The van der Waals surface area contributed by atoms with Crippen LogP contribution in [0.4, 0.5) is 0 Å². The van der Waals surface area contributed by atoms with E-state index in [4.69, 9.17) is 9.57 Å². The summed E-state index contributed by atoms with van der Waals surface area (Å²) in [6.07, 6.45) is 4.31. The van der Waals surface area contributed by atoms with Crippen LogP contribution >= 0.6 is 0 Å². The van der Waals surface area contributed by atoms with E-state index in [2.05, 4.69) is 5.16 Å². The molecule has 0 fully saturated rings. The van der Waals surface area contributed by atoms with E-state index in [0.29, 0.717) is 22.6 Å². The van der Waals surface area contributed by atoms with Crippen molar-refractivity contribution in [2.24, 2.45) is 5.16 Å². The van der Waals surface area contributed by atoms with E-state index in [1.54, 1.807) is 38.3 Å². The Kier molecular flexibility index (Phi) is 4.10. The number of methoxy groups -OCH3 is 1. The molecule has 0 radical (unpaired) electrons. The van der Waals surface area contributed by atoms with Gasteiger partial charge in [-0.1, -0.05) is 5.16 Å². The SMILES string of the molecule is COc1ccc(C(=O)ON=C2C=CC(=O)C=C2C)cc1. The highest BCUT2D eigenvalue weighted by atomic mass is 16.7. The quantitative estimate of drug-likeness (QED) is 0.480. The Labute approximate surface area is 116 Å².